The average Bonchev–Trinajstić information content (AvgIpc) is 3.18. The lowest BCUT2D eigenvalue weighted by atomic mass is 10.2. The Morgan fingerprint density at radius 2 is 1.26 bits per heavy atom. The molecule has 0 fully saturated rings. The molecule has 0 atom stereocenters. The average molecular weight is 375 g/mol. The molecule has 5 aromatic rings. The highest BCUT2D eigenvalue weighted by molar-refractivity contribution is 7.13. The second-order valence-electron chi connectivity index (χ2n) is 5.69. The number of fused-ring (bicyclic) bond motifs is 2. The van der Waals surface area contributed by atoms with Gasteiger partial charge in [-0.1, -0.05) is 24.3 Å². The minimum absolute atomic E-state index is 0.101. The largest absolute Gasteiger partial charge is 0.401 e. The van der Waals surface area contributed by atoms with Crippen LogP contribution in [0.4, 0.5) is 0 Å². The van der Waals surface area contributed by atoms with Gasteiger partial charge in [0.15, 0.2) is 5.01 Å². The van der Waals surface area contributed by atoms with Gasteiger partial charge in [0.2, 0.25) is 5.89 Å². The maximum atomic E-state index is 12.1. The maximum absolute atomic E-state index is 12.1. The molecule has 0 aliphatic rings. The van der Waals surface area contributed by atoms with Crippen molar-refractivity contribution in [2.24, 2.45) is 0 Å². The van der Waals surface area contributed by atoms with Gasteiger partial charge in [0.25, 0.3) is 5.89 Å². The van der Waals surface area contributed by atoms with Crippen molar-refractivity contribution in [3.63, 3.8) is 0 Å². The monoisotopic (exact) mass is 375 g/mol. The molecule has 3 aromatic heterocycles. The van der Waals surface area contributed by atoms with Gasteiger partial charge < -0.3 is 8.83 Å². The molecule has 3 heterocycles. The Hall–Kier alpha value is -3.65. The quantitative estimate of drug-likeness (QED) is 0.466. The molecule has 0 radical (unpaired) electrons. The van der Waals surface area contributed by atoms with Gasteiger partial charge in [-0.3, -0.25) is 0 Å². The highest BCUT2D eigenvalue weighted by Crippen LogP contribution is 2.27. The summed E-state index contributed by atoms with van der Waals surface area (Å²) in [5.41, 5.74) is 0.447. The molecule has 0 saturated carbocycles. The Labute approximate surface area is 154 Å². The van der Waals surface area contributed by atoms with Gasteiger partial charge in [0.05, 0.1) is 21.8 Å². The van der Waals surface area contributed by atoms with Crippen LogP contribution in [0.5, 0.6) is 0 Å². The van der Waals surface area contributed by atoms with Crippen LogP contribution in [0.1, 0.15) is 0 Å². The van der Waals surface area contributed by atoms with Crippen molar-refractivity contribution in [3.05, 3.63) is 74.8 Å². The molecule has 7 nitrogen and oxygen atoms in total. The summed E-state index contributed by atoms with van der Waals surface area (Å²) in [6.45, 7) is 0. The zero-order valence-corrected chi connectivity index (χ0v) is 14.4. The molecule has 2 aromatic carbocycles. The van der Waals surface area contributed by atoms with Crippen molar-refractivity contribution in [1.82, 2.24) is 15.0 Å². The minimum Gasteiger partial charge on any atom is -0.401 e. The maximum Gasteiger partial charge on any atom is 0.347 e. The molecule has 8 heteroatoms. The van der Waals surface area contributed by atoms with Crippen molar-refractivity contribution >= 4 is 33.1 Å². The van der Waals surface area contributed by atoms with E-state index in [1.54, 1.807) is 53.9 Å². The fourth-order valence-corrected chi connectivity index (χ4v) is 3.42. The number of hydrogen-bond donors (Lipinski definition) is 0. The van der Waals surface area contributed by atoms with Crippen molar-refractivity contribution in [2.45, 2.75) is 0 Å². The zero-order chi connectivity index (χ0) is 18.4. The van der Waals surface area contributed by atoms with Crippen LogP contribution in [0.25, 0.3) is 44.3 Å². The Balaban J connectivity index is 1.63. The second kappa shape index (κ2) is 5.96. The third-order valence-electron chi connectivity index (χ3n) is 3.98. The number of rotatable bonds is 2. The van der Waals surface area contributed by atoms with E-state index >= 15 is 0 Å². The highest BCUT2D eigenvalue weighted by Gasteiger charge is 2.16. The highest BCUT2D eigenvalue weighted by atomic mass is 32.1. The van der Waals surface area contributed by atoms with Crippen LogP contribution in [0.15, 0.2) is 72.3 Å². The summed E-state index contributed by atoms with van der Waals surface area (Å²) in [5.74, 6) is 0.211. The Morgan fingerprint density at radius 1 is 0.704 bits per heavy atom. The van der Waals surface area contributed by atoms with Crippen LogP contribution < -0.4 is 11.3 Å². The van der Waals surface area contributed by atoms with Crippen molar-refractivity contribution < 1.29 is 8.83 Å². The van der Waals surface area contributed by atoms with Gasteiger partial charge in [-0.05, 0) is 24.3 Å². The first-order valence-electron chi connectivity index (χ1n) is 7.95. The van der Waals surface area contributed by atoms with E-state index in [1.165, 1.54) is 11.3 Å². The van der Waals surface area contributed by atoms with E-state index in [0.29, 0.717) is 32.5 Å². The standard InChI is InChI=1S/C19H9N3O4S/c23-18-10-5-1-3-7-12(10)20-15(25-18)14-9-27-17(22-14)16-21-13-8-4-2-6-11(13)19(24)26-16/h1-9H. The smallest absolute Gasteiger partial charge is 0.347 e. The number of thiazole rings is 1. The van der Waals surface area contributed by atoms with Crippen molar-refractivity contribution in [2.75, 3.05) is 0 Å². The van der Waals surface area contributed by atoms with Gasteiger partial charge in [0, 0.05) is 5.38 Å². The molecule has 130 valence electrons. The summed E-state index contributed by atoms with van der Waals surface area (Å²) in [5, 5.41) is 2.87. The molecule has 27 heavy (non-hydrogen) atoms. The molecule has 0 aliphatic carbocycles. The zero-order valence-electron chi connectivity index (χ0n) is 13.6. The summed E-state index contributed by atoms with van der Waals surface area (Å²) >= 11 is 1.22. The summed E-state index contributed by atoms with van der Waals surface area (Å²) in [7, 11) is 0. The molecule has 0 aliphatic heterocycles. The predicted molar refractivity (Wildman–Crippen MR) is 101 cm³/mol. The molecule has 0 bridgehead atoms. The molecule has 0 saturated heterocycles. The van der Waals surface area contributed by atoms with Crippen molar-refractivity contribution in [3.8, 4) is 22.5 Å². The predicted octanol–water partition coefficient (Wildman–Crippen LogP) is 3.48. The molecular weight excluding hydrogens is 366 g/mol. The molecule has 0 spiro atoms. The number of hydrogen-bond acceptors (Lipinski definition) is 8. The van der Waals surface area contributed by atoms with E-state index in [1.807, 2.05) is 0 Å². The van der Waals surface area contributed by atoms with Gasteiger partial charge in [-0.15, -0.1) is 11.3 Å². The van der Waals surface area contributed by atoms with E-state index in [4.69, 9.17) is 8.83 Å². The fraction of sp³-hybridized carbons (Fsp3) is 0. The lowest BCUT2D eigenvalue weighted by Crippen LogP contribution is -2.03. The Bertz CT molecular complexity index is 1330. The first-order valence-corrected chi connectivity index (χ1v) is 8.83. The molecule has 0 N–H and O–H groups in total. The van der Waals surface area contributed by atoms with E-state index in [0.717, 1.165) is 0 Å². The minimum atomic E-state index is -0.486. The lowest BCUT2D eigenvalue weighted by molar-refractivity contribution is 0.514. The number of benzene rings is 2. The first-order chi connectivity index (χ1) is 13.2. The number of aromatic nitrogens is 3. The molecular formula is C19H9N3O4S. The topological polar surface area (TPSA) is 99.1 Å². The summed E-state index contributed by atoms with van der Waals surface area (Å²) in [6, 6.07) is 13.8. The number of nitrogens with zero attached hydrogens (tertiary/aromatic N) is 3. The van der Waals surface area contributed by atoms with E-state index in [9.17, 15) is 9.59 Å². The summed E-state index contributed by atoms with van der Waals surface area (Å²) in [6.07, 6.45) is 0. The van der Waals surface area contributed by atoms with Crippen LogP contribution in [-0.4, -0.2) is 15.0 Å². The summed E-state index contributed by atoms with van der Waals surface area (Å²) in [4.78, 5) is 37.3. The SMILES string of the molecule is O=c1oc(-c2csc(-c3nc4ccccc4c(=O)o3)n2)nc2ccccc12. The van der Waals surface area contributed by atoms with Crippen LogP contribution in [0, 0.1) is 0 Å². The van der Waals surface area contributed by atoms with E-state index in [2.05, 4.69) is 15.0 Å². The fourth-order valence-electron chi connectivity index (χ4n) is 2.71. The van der Waals surface area contributed by atoms with E-state index in [-0.39, 0.29) is 11.8 Å². The van der Waals surface area contributed by atoms with Gasteiger partial charge in [0.1, 0.15) is 5.69 Å². The lowest BCUT2D eigenvalue weighted by Gasteiger charge is -1.99. The summed E-state index contributed by atoms with van der Waals surface area (Å²) < 4.78 is 10.6. The van der Waals surface area contributed by atoms with Crippen LogP contribution >= 0.6 is 11.3 Å². The second-order valence-corrected chi connectivity index (χ2v) is 6.54. The van der Waals surface area contributed by atoms with Gasteiger partial charge in [-0.25, -0.2) is 24.5 Å². The van der Waals surface area contributed by atoms with Crippen LogP contribution in [0.3, 0.4) is 0 Å². The van der Waals surface area contributed by atoms with E-state index < -0.39 is 11.3 Å². The first kappa shape index (κ1) is 15.6. The van der Waals surface area contributed by atoms with Crippen LogP contribution in [0.2, 0.25) is 0 Å². The molecule has 5 rings (SSSR count). The normalized spacial score (nSPS) is 11.3. The molecule has 0 unspecified atom stereocenters. The third-order valence-corrected chi connectivity index (χ3v) is 4.81. The van der Waals surface area contributed by atoms with Crippen molar-refractivity contribution in [1.29, 1.82) is 0 Å². The Kier molecular flexibility index (Phi) is 3.44. The van der Waals surface area contributed by atoms with Gasteiger partial charge >= 0.3 is 11.3 Å². The van der Waals surface area contributed by atoms with Gasteiger partial charge in [-0.2, -0.15) is 0 Å². The third kappa shape index (κ3) is 2.63. The van der Waals surface area contributed by atoms with Crippen LogP contribution in [-0.2, 0) is 0 Å². The Morgan fingerprint density at radius 3 is 1.93 bits per heavy atom. The molecule has 0 amide bonds. The number of para-hydroxylation sites is 2.